The van der Waals surface area contributed by atoms with Crippen molar-refractivity contribution in [1.29, 1.82) is 0 Å². The molecule has 0 bridgehead atoms. The molecule has 1 unspecified atom stereocenters. The molecule has 1 aromatic heterocycles. The monoisotopic (exact) mass is 498 g/mol. The predicted octanol–water partition coefficient (Wildman–Crippen LogP) is 4.64. The van der Waals surface area contributed by atoms with Gasteiger partial charge >= 0.3 is 0 Å². The van der Waals surface area contributed by atoms with Crippen molar-refractivity contribution in [3.8, 4) is 5.69 Å². The fourth-order valence-corrected chi connectivity index (χ4v) is 4.74. The first kappa shape index (κ1) is 24.3. The number of aromatic nitrogens is 4. The number of hydrogen-bond acceptors (Lipinski definition) is 5. The van der Waals surface area contributed by atoms with Crippen molar-refractivity contribution in [3.05, 3.63) is 102 Å². The Morgan fingerprint density at radius 1 is 0.919 bits per heavy atom. The molecule has 8 nitrogen and oxygen atoms in total. The lowest BCUT2D eigenvalue weighted by Crippen LogP contribution is -2.47. The maximum atomic E-state index is 14.0. The van der Waals surface area contributed by atoms with Crippen LogP contribution in [-0.4, -0.2) is 38.1 Å². The number of nitrogens with zero attached hydrogens (tertiary/aromatic N) is 5. The predicted molar refractivity (Wildman–Crippen MR) is 137 cm³/mol. The van der Waals surface area contributed by atoms with E-state index in [0.29, 0.717) is 22.5 Å². The number of hydrogen-bond donors (Lipinski definition) is 1. The summed E-state index contributed by atoms with van der Waals surface area (Å²) in [6, 6.07) is 20.7. The Bertz CT molecular complexity index is 1320. The van der Waals surface area contributed by atoms with Crippen LogP contribution in [0.5, 0.6) is 0 Å². The van der Waals surface area contributed by atoms with Crippen molar-refractivity contribution in [1.82, 2.24) is 25.5 Å². The average molecular weight is 499 g/mol. The van der Waals surface area contributed by atoms with Crippen LogP contribution < -0.4 is 10.2 Å². The number of nitrogens with one attached hydrogen (secondary N) is 1. The summed E-state index contributed by atoms with van der Waals surface area (Å²) in [6.45, 7) is 0. The Labute approximate surface area is 214 Å². The lowest BCUT2D eigenvalue weighted by molar-refractivity contribution is -0.123. The van der Waals surface area contributed by atoms with Gasteiger partial charge in [0.05, 0.1) is 5.69 Å². The van der Waals surface area contributed by atoms with Gasteiger partial charge in [0.15, 0.2) is 0 Å². The summed E-state index contributed by atoms with van der Waals surface area (Å²) in [5.74, 6) is -1.06. The number of carbonyl (C=O) groups excluding carboxylic acids is 2. The highest BCUT2D eigenvalue weighted by Crippen LogP contribution is 2.31. The third-order valence-corrected chi connectivity index (χ3v) is 6.62. The van der Waals surface area contributed by atoms with Crippen molar-refractivity contribution in [2.45, 2.75) is 44.2 Å². The van der Waals surface area contributed by atoms with Crippen LogP contribution >= 0.6 is 0 Å². The van der Waals surface area contributed by atoms with Gasteiger partial charge in [0.1, 0.15) is 18.2 Å². The molecule has 0 saturated heterocycles. The van der Waals surface area contributed by atoms with Crippen molar-refractivity contribution >= 4 is 17.5 Å². The summed E-state index contributed by atoms with van der Waals surface area (Å²) in [5.41, 5.74) is 2.17. The minimum Gasteiger partial charge on any atom is -0.351 e. The number of rotatable bonds is 7. The summed E-state index contributed by atoms with van der Waals surface area (Å²) in [6.07, 6.45) is 6.54. The van der Waals surface area contributed by atoms with E-state index in [-0.39, 0.29) is 17.9 Å². The molecule has 1 aliphatic carbocycles. The van der Waals surface area contributed by atoms with Crippen LogP contribution in [0.25, 0.3) is 5.69 Å². The zero-order valence-electron chi connectivity index (χ0n) is 20.2. The molecule has 1 saturated carbocycles. The fourth-order valence-electron chi connectivity index (χ4n) is 4.74. The molecule has 0 spiro atoms. The largest absolute Gasteiger partial charge is 0.351 e. The van der Waals surface area contributed by atoms with Crippen LogP contribution in [0.4, 0.5) is 10.1 Å². The minimum absolute atomic E-state index is 0.0486. The van der Waals surface area contributed by atoms with Gasteiger partial charge in [-0.2, -0.15) is 0 Å². The van der Waals surface area contributed by atoms with Gasteiger partial charge in [-0.15, -0.1) is 5.10 Å². The zero-order valence-corrected chi connectivity index (χ0v) is 20.2. The van der Waals surface area contributed by atoms with Gasteiger partial charge in [0.25, 0.3) is 5.91 Å². The number of tetrazole rings is 1. The molecule has 37 heavy (non-hydrogen) atoms. The molecule has 1 atom stereocenters. The van der Waals surface area contributed by atoms with Gasteiger partial charge in [-0.05, 0) is 77.4 Å². The number of carbonyl (C=O) groups is 2. The molecule has 4 aromatic rings. The Morgan fingerprint density at radius 2 is 1.62 bits per heavy atom. The van der Waals surface area contributed by atoms with Gasteiger partial charge in [0.2, 0.25) is 5.91 Å². The van der Waals surface area contributed by atoms with E-state index in [1.165, 1.54) is 28.0 Å². The van der Waals surface area contributed by atoms with E-state index >= 15 is 0 Å². The van der Waals surface area contributed by atoms with Gasteiger partial charge < -0.3 is 5.32 Å². The molecule has 188 valence electrons. The molecule has 1 N–H and O–H groups in total. The smallest absolute Gasteiger partial charge is 0.259 e. The zero-order chi connectivity index (χ0) is 25.6. The van der Waals surface area contributed by atoms with Crippen LogP contribution in [0.15, 0.2) is 85.2 Å². The highest BCUT2D eigenvalue weighted by atomic mass is 19.1. The summed E-state index contributed by atoms with van der Waals surface area (Å²) in [7, 11) is 0. The molecule has 1 heterocycles. The molecule has 2 amide bonds. The molecule has 5 rings (SSSR count). The molecule has 0 aliphatic heterocycles. The fraction of sp³-hybridized carbons (Fsp3) is 0.250. The van der Waals surface area contributed by atoms with Crippen LogP contribution in [0, 0.1) is 5.82 Å². The first-order chi connectivity index (χ1) is 18.1. The normalized spacial score (nSPS) is 14.6. The van der Waals surface area contributed by atoms with Crippen LogP contribution in [0.3, 0.4) is 0 Å². The van der Waals surface area contributed by atoms with E-state index in [2.05, 4.69) is 20.8 Å². The molecule has 1 aliphatic rings. The average Bonchev–Trinajstić information content (AvgIpc) is 3.48. The topological polar surface area (TPSA) is 93.0 Å². The van der Waals surface area contributed by atoms with Gasteiger partial charge in [-0.25, -0.2) is 9.07 Å². The SMILES string of the molecule is O=C(NC1CCCCC1)C(c1ccc(F)cc1)N(C(=O)c1ccc(-n2cnnn2)cc1)c1ccccc1. The Morgan fingerprint density at radius 3 is 2.27 bits per heavy atom. The van der Waals surface area contributed by atoms with Crippen molar-refractivity contribution < 1.29 is 14.0 Å². The van der Waals surface area contributed by atoms with Crippen LogP contribution in [-0.2, 0) is 4.79 Å². The minimum atomic E-state index is -0.989. The van der Waals surface area contributed by atoms with Crippen molar-refractivity contribution in [2.24, 2.45) is 0 Å². The molecule has 9 heteroatoms. The van der Waals surface area contributed by atoms with Crippen molar-refractivity contribution in [3.63, 3.8) is 0 Å². The Hall–Kier alpha value is -4.40. The number of para-hydroxylation sites is 1. The maximum Gasteiger partial charge on any atom is 0.259 e. The van der Waals surface area contributed by atoms with E-state index in [9.17, 15) is 14.0 Å². The lowest BCUT2D eigenvalue weighted by atomic mass is 9.94. The summed E-state index contributed by atoms with van der Waals surface area (Å²) in [5, 5.41) is 14.3. The summed E-state index contributed by atoms with van der Waals surface area (Å²) >= 11 is 0. The maximum absolute atomic E-state index is 14.0. The first-order valence-corrected chi connectivity index (χ1v) is 12.4. The van der Waals surface area contributed by atoms with Gasteiger partial charge in [0, 0.05) is 17.3 Å². The Balaban J connectivity index is 1.54. The van der Waals surface area contributed by atoms with E-state index in [0.717, 1.165) is 32.1 Å². The number of anilines is 1. The van der Waals surface area contributed by atoms with Crippen LogP contribution in [0.1, 0.15) is 54.1 Å². The standard InChI is InChI=1S/C28H27FN6O2/c29-22-15-11-20(12-16-22)26(27(36)31-23-7-3-1-4-8-23)35(25-9-5-2-6-10-25)28(37)21-13-17-24(18-14-21)34-19-30-32-33-34/h2,5-6,9-19,23,26H,1,3-4,7-8H2,(H,31,36). The molecule has 3 aromatic carbocycles. The second kappa shape index (κ2) is 11.1. The third-order valence-electron chi connectivity index (χ3n) is 6.62. The molecule has 0 radical (unpaired) electrons. The highest BCUT2D eigenvalue weighted by Gasteiger charge is 2.34. The van der Waals surface area contributed by atoms with Crippen molar-refractivity contribution in [2.75, 3.05) is 4.90 Å². The quantitative estimate of drug-likeness (QED) is 0.401. The van der Waals surface area contributed by atoms with E-state index in [1.807, 2.05) is 18.2 Å². The van der Waals surface area contributed by atoms with E-state index in [1.54, 1.807) is 48.5 Å². The Kier molecular flexibility index (Phi) is 7.30. The third kappa shape index (κ3) is 5.55. The molecule has 1 fully saturated rings. The second-order valence-electron chi connectivity index (χ2n) is 9.11. The number of benzene rings is 3. The van der Waals surface area contributed by atoms with Gasteiger partial charge in [-0.3, -0.25) is 14.5 Å². The lowest BCUT2D eigenvalue weighted by Gasteiger charge is -2.33. The number of amides is 2. The molecular weight excluding hydrogens is 471 g/mol. The van der Waals surface area contributed by atoms with Gasteiger partial charge in [-0.1, -0.05) is 49.6 Å². The summed E-state index contributed by atoms with van der Waals surface area (Å²) in [4.78, 5) is 29.4. The second-order valence-corrected chi connectivity index (χ2v) is 9.11. The first-order valence-electron chi connectivity index (χ1n) is 12.4. The molecular formula is C28H27FN6O2. The highest BCUT2D eigenvalue weighted by molar-refractivity contribution is 6.10. The number of halogens is 1. The summed E-state index contributed by atoms with van der Waals surface area (Å²) < 4.78 is 15.3. The van der Waals surface area contributed by atoms with E-state index in [4.69, 9.17) is 0 Å². The van der Waals surface area contributed by atoms with E-state index < -0.39 is 11.9 Å². The van der Waals surface area contributed by atoms with Crippen LogP contribution in [0.2, 0.25) is 0 Å².